The van der Waals surface area contributed by atoms with E-state index in [4.69, 9.17) is 4.74 Å². The Morgan fingerprint density at radius 1 is 0.893 bits per heavy atom. The molecule has 9 heteroatoms. The fourth-order valence-electron chi connectivity index (χ4n) is 2.67. The predicted molar refractivity (Wildman–Crippen MR) is 94.4 cm³/mol. The maximum Gasteiger partial charge on any atom is 0.573 e. The van der Waals surface area contributed by atoms with Crippen molar-refractivity contribution in [1.29, 1.82) is 0 Å². The summed E-state index contributed by atoms with van der Waals surface area (Å²) in [6, 6.07) is 11.4. The van der Waals surface area contributed by atoms with Crippen molar-refractivity contribution in [2.75, 3.05) is 19.5 Å². The number of alkyl halides is 3. The molecule has 0 bridgehead atoms. The van der Waals surface area contributed by atoms with Crippen LogP contribution in [0, 0.1) is 0 Å². The van der Waals surface area contributed by atoms with Crippen LogP contribution in [0.25, 0.3) is 5.57 Å². The highest BCUT2D eigenvalue weighted by atomic mass is 19.4. The van der Waals surface area contributed by atoms with E-state index in [-0.39, 0.29) is 11.3 Å². The largest absolute Gasteiger partial charge is 0.573 e. The molecule has 0 aliphatic carbocycles. The molecule has 0 fully saturated rings. The molecule has 3 rings (SSSR count). The topological polar surface area (TPSA) is 67.9 Å². The average Bonchev–Trinajstić information content (AvgIpc) is 2.86. The SMILES string of the molecule is COc1ccc(C2=C(Nc3ccc(OC(F)(F)F)cc3)C(=O)N(C)C2=O)cc1. The lowest BCUT2D eigenvalue weighted by atomic mass is 10.0. The Morgan fingerprint density at radius 2 is 1.46 bits per heavy atom. The second-order valence-corrected chi connectivity index (χ2v) is 5.85. The van der Waals surface area contributed by atoms with Gasteiger partial charge in [0, 0.05) is 12.7 Å². The Hall–Kier alpha value is -3.49. The van der Waals surface area contributed by atoms with E-state index < -0.39 is 23.9 Å². The number of ether oxygens (including phenoxy) is 2. The van der Waals surface area contributed by atoms with Gasteiger partial charge in [0.05, 0.1) is 12.7 Å². The molecule has 0 saturated carbocycles. The molecule has 0 saturated heterocycles. The molecule has 28 heavy (non-hydrogen) atoms. The number of nitrogens with zero attached hydrogens (tertiary/aromatic N) is 1. The van der Waals surface area contributed by atoms with Gasteiger partial charge in [0.15, 0.2) is 0 Å². The normalized spacial score (nSPS) is 14.5. The first kappa shape index (κ1) is 19.3. The summed E-state index contributed by atoms with van der Waals surface area (Å²) in [4.78, 5) is 25.9. The summed E-state index contributed by atoms with van der Waals surface area (Å²) in [7, 11) is 2.86. The summed E-state index contributed by atoms with van der Waals surface area (Å²) in [5.41, 5.74) is 1.02. The summed E-state index contributed by atoms with van der Waals surface area (Å²) in [5, 5.41) is 2.82. The molecule has 2 amide bonds. The zero-order chi connectivity index (χ0) is 20.5. The maximum absolute atomic E-state index is 12.5. The fraction of sp³-hybridized carbons (Fsp3) is 0.158. The van der Waals surface area contributed by atoms with E-state index in [1.807, 2.05) is 0 Å². The molecule has 2 aromatic carbocycles. The van der Waals surface area contributed by atoms with Crippen LogP contribution < -0.4 is 14.8 Å². The quantitative estimate of drug-likeness (QED) is 0.790. The van der Waals surface area contributed by atoms with E-state index in [0.29, 0.717) is 17.0 Å². The number of methoxy groups -OCH3 is 1. The van der Waals surface area contributed by atoms with Crippen molar-refractivity contribution in [2.45, 2.75) is 6.36 Å². The van der Waals surface area contributed by atoms with E-state index in [9.17, 15) is 22.8 Å². The lowest BCUT2D eigenvalue weighted by molar-refractivity contribution is -0.274. The van der Waals surface area contributed by atoms with Gasteiger partial charge in [0.2, 0.25) is 0 Å². The van der Waals surface area contributed by atoms with Gasteiger partial charge in [-0.2, -0.15) is 0 Å². The molecular weight excluding hydrogens is 377 g/mol. The highest BCUT2D eigenvalue weighted by Gasteiger charge is 2.37. The summed E-state index contributed by atoms with van der Waals surface area (Å²) >= 11 is 0. The molecule has 0 spiro atoms. The van der Waals surface area contributed by atoms with Crippen LogP contribution in [0.2, 0.25) is 0 Å². The molecule has 1 aliphatic heterocycles. The second kappa shape index (κ2) is 7.26. The minimum atomic E-state index is -4.80. The third-order valence-corrected chi connectivity index (χ3v) is 4.02. The Balaban J connectivity index is 1.92. The van der Waals surface area contributed by atoms with Crippen LogP contribution in [0.1, 0.15) is 5.56 Å². The molecule has 1 heterocycles. The highest BCUT2D eigenvalue weighted by Crippen LogP contribution is 2.31. The van der Waals surface area contributed by atoms with E-state index in [2.05, 4.69) is 10.1 Å². The lowest BCUT2D eigenvalue weighted by Crippen LogP contribution is -2.27. The summed E-state index contributed by atoms with van der Waals surface area (Å²) in [6.07, 6.45) is -4.80. The van der Waals surface area contributed by atoms with E-state index in [1.165, 1.54) is 26.3 Å². The van der Waals surface area contributed by atoms with Gasteiger partial charge in [0.1, 0.15) is 17.2 Å². The van der Waals surface area contributed by atoms with Gasteiger partial charge in [-0.1, -0.05) is 12.1 Å². The van der Waals surface area contributed by atoms with E-state index in [1.54, 1.807) is 24.3 Å². The first-order chi connectivity index (χ1) is 13.2. The Kier molecular flexibility index (Phi) is 5.00. The van der Waals surface area contributed by atoms with Crippen molar-refractivity contribution >= 4 is 23.1 Å². The smallest absolute Gasteiger partial charge is 0.497 e. The number of benzene rings is 2. The van der Waals surface area contributed by atoms with Crippen LogP contribution in [0.3, 0.4) is 0 Å². The molecule has 0 atom stereocenters. The molecule has 2 aromatic rings. The van der Waals surface area contributed by atoms with Crippen molar-refractivity contribution in [3.63, 3.8) is 0 Å². The molecule has 146 valence electrons. The van der Waals surface area contributed by atoms with Gasteiger partial charge in [-0.15, -0.1) is 13.2 Å². The van der Waals surface area contributed by atoms with Gasteiger partial charge in [0.25, 0.3) is 11.8 Å². The van der Waals surface area contributed by atoms with Crippen LogP contribution in [0.15, 0.2) is 54.2 Å². The van der Waals surface area contributed by atoms with Crippen LogP contribution in [-0.4, -0.2) is 37.2 Å². The number of carbonyl (C=O) groups is 2. The monoisotopic (exact) mass is 392 g/mol. The van der Waals surface area contributed by atoms with Crippen molar-refractivity contribution in [1.82, 2.24) is 4.90 Å². The van der Waals surface area contributed by atoms with Gasteiger partial charge >= 0.3 is 6.36 Å². The van der Waals surface area contributed by atoms with Crippen LogP contribution in [0.5, 0.6) is 11.5 Å². The maximum atomic E-state index is 12.5. The number of hydrogen-bond donors (Lipinski definition) is 1. The number of carbonyl (C=O) groups excluding carboxylic acids is 2. The van der Waals surface area contributed by atoms with Crippen LogP contribution in [0.4, 0.5) is 18.9 Å². The molecule has 0 radical (unpaired) electrons. The van der Waals surface area contributed by atoms with Crippen molar-refractivity contribution in [3.05, 3.63) is 59.8 Å². The van der Waals surface area contributed by atoms with Gasteiger partial charge < -0.3 is 14.8 Å². The molecule has 1 aliphatic rings. The summed E-state index contributed by atoms with van der Waals surface area (Å²) in [5.74, 6) is -0.848. The number of amides is 2. The predicted octanol–water partition coefficient (Wildman–Crippen LogP) is 3.42. The fourth-order valence-corrected chi connectivity index (χ4v) is 2.67. The minimum absolute atomic E-state index is 0.0298. The third-order valence-electron chi connectivity index (χ3n) is 4.02. The number of rotatable bonds is 5. The Bertz CT molecular complexity index is 935. The number of imide groups is 1. The van der Waals surface area contributed by atoms with Gasteiger partial charge in [-0.25, -0.2) is 0 Å². The first-order valence-corrected chi connectivity index (χ1v) is 8.03. The standard InChI is InChI=1S/C19H15F3N2O4/c1-24-17(25)15(11-3-7-13(27-2)8-4-11)16(18(24)26)23-12-5-9-14(10-6-12)28-19(20,21)22/h3-10,23H,1-2H3. The second-order valence-electron chi connectivity index (χ2n) is 5.85. The van der Waals surface area contributed by atoms with Crippen molar-refractivity contribution < 1.29 is 32.2 Å². The molecule has 6 nitrogen and oxygen atoms in total. The van der Waals surface area contributed by atoms with Crippen LogP contribution >= 0.6 is 0 Å². The molecular formula is C19H15F3N2O4. The Morgan fingerprint density at radius 3 is 2.00 bits per heavy atom. The molecule has 1 N–H and O–H groups in total. The van der Waals surface area contributed by atoms with E-state index in [0.717, 1.165) is 17.0 Å². The van der Waals surface area contributed by atoms with E-state index >= 15 is 0 Å². The minimum Gasteiger partial charge on any atom is -0.497 e. The van der Waals surface area contributed by atoms with Gasteiger partial charge in [-0.05, 0) is 42.0 Å². The number of hydrogen-bond acceptors (Lipinski definition) is 5. The molecule has 0 aromatic heterocycles. The van der Waals surface area contributed by atoms with Crippen molar-refractivity contribution in [2.24, 2.45) is 0 Å². The first-order valence-electron chi connectivity index (χ1n) is 8.03. The summed E-state index contributed by atoms with van der Waals surface area (Å²) < 4.78 is 45.7. The highest BCUT2D eigenvalue weighted by molar-refractivity contribution is 6.36. The van der Waals surface area contributed by atoms with Crippen molar-refractivity contribution in [3.8, 4) is 11.5 Å². The van der Waals surface area contributed by atoms with Crippen LogP contribution in [-0.2, 0) is 9.59 Å². The lowest BCUT2D eigenvalue weighted by Gasteiger charge is -2.11. The third kappa shape index (κ3) is 3.93. The zero-order valence-corrected chi connectivity index (χ0v) is 14.8. The van der Waals surface area contributed by atoms with Gasteiger partial charge in [-0.3, -0.25) is 14.5 Å². The number of likely N-dealkylation sites (N-methyl/N-ethyl adjacent to an activating group) is 1. The molecule has 0 unspecified atom stereocenters. The average molecular weight is 392 g/mol. The number of nitrogens with one attached hydrogen (secondary N) is 1. The Labute approximate surface area is 158 Å². The zero-order valence-electron chi connectivity index (χ0n) is 14.8. The summed E-state index contributed by atoms with van der Waals surface area (Å²) in [6.45, 7) is 0. The number of halogens is 3. The number of anilines is 1.